The van der Waals surface area contributed by atoms with Crippen LogP contribution in [-0.4, -0.2) is 38.9 Å². The van der Waals surface area contributed by atoms with Crippen LogP contribution in [0.3, 0.4) is 0 Å². The van der Waals surface area contributed by atoms with Crippen molar-refractivity contribution in [3.8, 4) is 0 Å². The summed E-state index contributed by atoms with van der Waals surface area (Å²) in [5.41, 5.74) is 0. The molecule has 2 heterocycles. The van der Waals surface area contributed by atoms with Gasteiger partial charge in [0.15, 0.2) is 0 Å². The molecule has 5 heteroatoms. The van der Waals surface area contributed by atoms with E-state index >= 15 is 0 Å². The third-order valence-corrected chi connectivity index (χ3v) is 3.49. The van der Waals surface area contributed by atoms with Crippen LogP contribution >= 0.6 is 0 Å². The Morgan fingerprint density at radius 3 is 2.94 bits per heavy atom. The summed E-state index contributed by atoms with van der Waals surface area (Å²) in [4.78, 5) is 13.9. The zero-order chi connectivity index (χ0) is 11.0. The second kappa shape index (κ2) is 3.88. The van der Waals surface area contributed by atoms with Crippen molar-refractivity contribution in [3.05, 3.63) is 12.4 Å². The largest absolute Gasteiger partial charge is 0.340 e. The molecule has 2 fully saturated rings. The summed E-state index contributed by atoms with van der Waals surface area (Å²) in [6, 6.07) is 0.325. The fourth-order valence-corrected chi connectivity index (χ4v) is 2.29. The lowest BCUT2D eigenvalue weighted by molar-refractivity contribution is -0.130. The van der Waals surface area contributed by atoms with Crippen LogP contribution in [-0.2, 0) is 4.79 Å². The molecule has 0 unspecified atom stereocenters. The first-order valence-electron chi connectivity index (χ1n) is 5.96. The van der Waals surface area contributed by atoms with Gasteiger partial charge in [-0.25, -0.2) is 4.68 Å². The monoisotopic (exact) mass is 220 g/mol. The third-order valence-electron chi connectivity index (χ3n) is 3.49. The molecular formula is C11H16N4O. The molecule has 1 aliphatic heterocycles. The molecule has 16 heavy (non-hydrogen) atoms. The summed E-state index contributed by atoms with van der Waals surface area (Å²) >= 11 is 0. The zero-order valence-electron chi connectivity index (χ0n) is 9.25. The molecule has 0 aromatic carbocycles. The summed E-state index contributed by atoms with van der Waals surface area (Å²) in [5, 5.41) is 7.80. The quantitative estimate of drug-likeness (QED) is 0.759. The van der Waals surface area contributed by atoms with Crippen molar-refractivity contribution in [2.75, 3.05) is 13.1 Å². The maximum Gasteiger partial charge on any atom is 0.222 e. The first-order valence-corrected chi connectivity index (χ1v) is 5.96. The van der Waals surface area contributed by atoms with Gasteiger partial charge in [0.1, 0.15) is 0 Å². The Morgan fingerprint density at radius 1 is 1.38 bits per heavy atom. The second-order valence-corrected chi connectivity index (χ2v) is 4.81. The van der Waals surface area contributed by atoms with Crippen molar-refractivity contribution in [1.82, 2.24) is 19.9 Å². The fraction of sp³-hybridized carbons (Fsp3) is 0.727. The lowest BCUT2D eigenvalue weighted by Crippen LogP contribution is -2.29. The lowest BCUT2D eigenvalue weighted by atomic mass is 10.2. The predicted octanol–water partition coefficient (Wildman–Crippen LogP) is 0.852. The Kier molecular flexibility index (Phi) is 2.38. The number of carbonyl (C=O) groups excluding carboxylic acids is 1. The molecule has 1 saturated heterocycles. The van der Waals surface area contributed by atoms with Crippen molar-refractivity contribution >= 4 is 5.91 Å². The molecule has 1 aromatic heterocycles. The van der Waals surface area contributed by atoms with Gasteiger partial charge in [0.05, 0.1) is 12.2 Å². The number of carbonyl (C=O) groups is 1. The van der Waals surface area contributed by atoms with Gasteiger partial charge >= 0.3 is 0 Å². The van der Waals surface area contributed by atoms with Crippen LogP contribution in [0.4, 0.5) is 0 Å². The maximum absolute atomic E-state index is 11.9. The molecule has 1 aromatic rings. The molecule has 1 saturated carbocycles. The summed E-state index contributed by atoms with van der Waals surface area (Å²) in [6.07, 6.45) is 7.80. The van der Waals surface area contributed by atoms with Crippen molar-refractivity contribution in [2.24, 2.45) is 5.92 Å². The fourth-order valence-electron chi connectivity index (χ4n) is 2.29. The highest BCUT2D eigenvalue weighted by atomic mass is 16.2. The Hall–Kier alpha value is -1.39. The van der Waals surface area contributed by atoms with Gasteiger partial charge in [0, 0.05) is 25.7 Å². The highest BCUT2D eigenvalue weighted by Crippen LogP contribution is 2.33. The van der Waals surface area contributed by atoms with E-state index in [1.807, 2.05) is 15.8 Å². The minimum atomic E-state index is 0.324. The normalized spacial score (nSPS) is 25.0. The minimum Gasteiger partial charge on any atom is -0.340 e. The van der Waals surface area contributed by atoms with Gasteiger partial charge in [0.2, 0.25) is 5.91 Å². The highest BCUT2D eigenvalue weighted by Gasteiger charge is 2.31. The van der Waals surface area contributed by atoms with Gasteiger partial charge in [-0.3, -0.25) is 4.79 Å². The number of amides is 1. The zero-order valence-corrected chi connectivity index (χ0v) is 9.25. The van der Waals surface area contributed by atoms with Gasteiger partial charge in [-0.2, -0.15) is 0 Å². The maximum atomic E-state index is 11.9. The Bertz CT molecular complexity index is 371. The third kappa shape index (κ3) is 1.94. The van der Waals surface area contributed by atoms with E-state index in [4.69, 9.17) is 0 Å². The first kappa shape index (κ1) is 9.81. The molecule has 2 aliphatic rings. The molecule has 3 rings (SSSR count). The van der Waals surface area contributed by atoms with E-state index in [1.54, 1.807) is 6.20 Å². The van der Waals surface area contributed by atoms with Crippen molar-refractivity contribution in [3.63, 3.8) is 0 Å². The number of hydrogen-bond donors (Lipinski definition) is 0. The molecule has 1 amide bonds. The van der Waals surface area contributed by atoms with Gasteiger partial charge in [-0.15, -0.1) is 5.10 Å². The highest BCUT2D eigenvalue weighted by molar-refractivity contribution is 5.77. The van der Waals surface area contributed by atoms with Crippen LogP contribution in [0.5, 0.6) is 0 Å². The molecular weight excluding hydrogens is 204 g/mol. The summed E-state index contributed by atoms with van der Waals surface area (Å²) in [6.45, 7) is 1.67. The molecule has 0 spiro atoms. The average molecular weight is 220 g/mol. The molecule has 0 N–H and O–H groups in total. The number of nitrogens with zero attached hydrogens (tertiary/aromatic N) is 4. The Morgan fingerprint density at radius 2 is 2.25 bits per heavy atom. The lowest BCUT2D eigenvalue weighted by Gasteiger charge is -2.16. The van der Waals surface area contributed by atoms with E-state index in [0.717, 1.165) is 25.9 Å². The van der Waals surface area contributed by atoms with Gasteiger partial charge < -0.3 is 4.90 Å². The van der Waals surface area contributed by atoms with Crippen molar-refractivity contribution < 1.29 is 4.79 Å². The molecule has 0 radical (unpaired) electrons. The number of rotatable bonds is 3. The summed E-state index contributed by atoms with van der Waals surface area (Å²) < 4.78 is 1.87. The first-order chi connectivity index (χ1) is 7.83. The van der Waals surface area contributed by atoms with Crippen molar-refractivity contribution in [2.45, 2.75) is 31.7 Å². The SMILES string of the molecule is O=C(CC1CC1)N1CC[C@@H](n2ccnn2)C1. The van der Waals surface area contributed by atoms with E-state index in [2.05, 4.69) is 10.3 Å². The van der Waals surface area contributed by atoms with E-state index in [9.17, 15) is 4.79 Å². The van der Waals surface area contributed by atoms with Crippen molar-refractivity contribution in [1.29, 1.82) is 0 Å². The molecule has 1 aliphatic carbocycles. The number of hydrogen-bond acceptors (Lipinski definition) is 3. The summed E-state index contributed by atoms with van der Waals surface area (Å²) in [7, 11) is 0. The Labute approximate surface area is 94.4 Å². The van der Waals surface area contributed by atoms with Crippen LogP contribution in [0.15, 0.2) is 12.4 Å². The van der Waals surface area contributed by atoms with Crippen LogP contribution in [0.1, 0.15) is 31.7 Å². The minimum absolute atomic E-state index is 0.324. The van der Waals surface area contributed by atoms with Crippen LogP contribution in [0.2, 0.25) is 0 Å². The van der Waals surface area contributed by atoms with Gasteiger partial charge in [0.25, 0.3) is 0 Å². The van der Waals surface area contributed by atoms with E-state index in [1.165, 1.54) is 12.8 Å². The molecule has 5 nitrogen and oxygen atoms in total. The number of aromatic nitrogens is 3. The second-order valence-electron chi connectivity index (χ2n) is 4.81. The number of likely N-dealkylation sites (tertiary alicyclic amines) is 1. The van der Waals surface area contributed by atoms with Crippen LogP contribution < -0.4 is 0 Å². The average Bonchev–Trinajstić information content (AvgIpc) is 2.84. The standard InChI is InChI=1S/C11H16N4O/c16-11(7-9-1-2-9)14-5-3-10(8-14)15-6-4-12-13-15/h4,6,9-10H,1-3,5,7-8H2/t10-/m1/s1. The van der Waals surface area contributed by atoms with Gasteiger partial charge in [-0.1, -0.05) is 5.21 Å². The molecule has 86 valence electrons. The predicted molar refractivity (Wildman–Crippen MR) is 57.6 cm³/mol. The van der Waals surface area contributed by atoms with Crippen LogP contribution in [0, 0.1) is 5.92 Å². The summed E-state index contributed by atoms with van der Waals surface area (Å²) in [5.74, 6) is 1.00. The molecule has 1 atom stereocenters. The Balaban J connectivity index is 1.57. The van der Waals surface area contributed by atoms with Gasteiger partial charge in [-0.05, 0) is 25.2 Å². The smallest absolute Gasteiger partial charge is 0.222 e. The topological polar surface area (TPSA) is 51.0 Å². The van der Waals surface area contributed by atoms with E-state index < -0.39 is 0 Å². The van der Waals surface area contributed by atoms with E-state index in [0.29, 0.717) is 17.9 Å². The van der Waals surface area contributed by atoms with E-state index in [-0.39, 0.29) is 0 Å². The van der Waals surface area contributed by atoms with Crippen LogP contribution in [0.25, 0.3) is 0 Å². The molecule has 0 bridgehead atoms.